The molecule has 0 atom stereocenters. The zero-order valence-electron chi connectivity index (χ0n) is 16.2. The minimum absolute atomic E-state index is 0.0922. The van der Waals surface area contributed by atoms with Crippen molar-refractivity contribution in [3.05, 3.63) is 59.5 Å². The van der Waals surface area contributed by atoms with Crippen LogP contribution in [0.2, 0.25) is 0 Å². The lowest BCUT2D eigenvalue weighted by atomic mass is 10.1. The van der Waals surface area contributed by atoms with Crippen LogP contribution in [0.25, 0.3) is 11.4 Å². The summed E-state index contributed by atoms with van der Waals surface area (Å²) in [5.41, 5.74) is 2.92. The first-order valence-electron chi connectivity index (χ1n) is 8.97. The number of carbonyl (C=O) groups is 1. The predicted octanol–water partition coefficient (Wildman–Crippen LogP) is 3.31. The molecule has 7 nitrogen and oxygen atoms in total. The lowest BCUT2D eigenvalue weighted by molar-refractivity contribution is -0.121. The van der Waals surface area contributed by atoms with Crippen LogP contribution in [0.1, 0.15) is 23.4 Å². The van der Waals surface area contributed by atoms with E-state index in [0.29, 0.717) is 36.2 Å². The third-order valence-electron chi connectivity index (χ3n) is 4.36. The molecule has 3 rings (SSSR count). The molecule has 0 saturated carbocycles. The fourth-order valence-corrected chi connectivity index (χ4v) is 2.79. The largest absolute Gasteiger partial charge is 0.493 e. The molecular weight excluding hydrogens is 358 g/mol. The molecule has 1 aromatic heterocycles. The van der Waals surface area contributed by atoms with Gasteiger partial charge in [0.15, 0.2) is 11.5 Å². The van der Waals surface area contributed by atoms with Crippen molar-refractivity contribution in [3.63, 3.8) is 0 Å². The lowest BCUT2D eigenvalue weighted by Crippen LogP contribution is -2.23. The average molecular weight is 381 g/mol. The van der Waals surface area contributed by atoms with Crippen molar-refractivity contribution in [2.45, 2.75) is 26.3 Å². The highest BCUT2D eigenvalue weighted by molar-refractivity contribution is 5.76. The summed E-state index contributed by atoms with van der Waals surface area (Å²) in [6.45, 7) is 2.39. The Kier molecular flexibility index (Phi) is 6.26. The van der Waals surface area contributed by atoms with Gasteiger partial charge in [-0.2, -0.15) is 4.98 Å². The van der Waals surface area contributed by atoms with E-state index in [1.54, 1.807) is 14.2 Å². The number of methoxy groups -OCH3 is 2. The standard InChI is InChI=1S/C21H23N3O4/c1-14-6-4-5-7-16(14)21-23-20(28-24-21)11-10-19(25)22-13-15-8-9-17(26-2)18(12-15)27-3/h4-9,12H,10-11,13H2,1-3H3,(H,22,25). The summed E-state index contributed by atoms with van der Waals surface area (Å²) >= 11 is 0. The van der Waals surface area contributed by atoms with Gasteiger partial charge in [-0.05, 0) is 30.2 Å². The van der Waals surface area contributed by atoms with E-state index in [9.17, 15) is 4.79 Å². The second kappa shape index (κ2) is 9.03. The zero-order valence-corrected chi connectivity index (χ0v) is 16.2. The minimum atomic E-state index is -0.0922. The summed E-state index contributed by atoms with van der Waals surface area (Å²) in [6.07, 6.45) is 0.652. The van der Waals surface area contributed by atoms with E-state index in [1.165, 1.54) is 0 Å². The molecule has 146 valence electrons. The van der Waals surface area contributed by atoms with Crippen LogP contribution in [0.3, 0.4) is 0 Å². The maximum atomic E-state index is 12.1. The van der Waals surface area contributed by atoms with Gasteiger partial charge in [-0.1, -0.05) is 35.5 Å². The number of aromatic nitrogens is 2. The van der Waals surface area contributed by atoms with Gasteiger partial charge in [0.25, 0.3) is 0 Å². The smallest absolute Gasteiger partial charge is 0.227 e. The summed E-state index contributed by atoms with van der Waals surface area (Å²) in [6, 6.07) is 13.4. The molecule has 3 aromatic rings. The van der Waals surface area contributed by atoms with Gasteiger partial charge >= 0.3 is 0 Å². The quantitative estimate of drug-likeness (QED) is 0.644. The van der Waals surface area contributed by atoms with E-state index in [0.717, 1.165) is 16.7 Å². The molecule has 1 heterocycles. The molecule has 1 amide bonds. The predicted molar refractivity (Wildman–Crippen MR) is 104 cm³/mol. The molecule has 7 heteroatoms. The van der Waals surface area contributed by atoms with Crippen LogP contribution in [-0.4, -0.2) is 30.3 Å². The molecule has 0 saturated heterocycles. The van der Waals surface area contributed by atoms with E-state index < -0.39 is 0 Å². The number of amides is 1. The maximum absolute atomic E-state index is 12.1. The van der Waals surface area contributed by atoms with Gasteiger partial charge in [0.05, 0.1) is 14.2 Å². The van der Waals surface area contributed by atoms with Crippen molar-refractivity contribution >= 4 is 5.91 Å². The summed E-state index contributed by atoms with van der Waals surface area (Å²) in [5.74, 6) is 2.17. The Labute approximate surface area is 163 Å². The third kappa shape index (κ3) is 4.68. The number of hydrogen-bond acceptors (Lipinski definition) is 6. The first-order valence-corrected chi connectivity index (χ1v) is 8.97. The summed E-state index contributed by atoms with van der Waals surface area (Å²) in [4.78, 5) is 16.5. The Morgan fingerprint density at radius 1 is 1.11 bits per heavy atom. The van der Waals surface area contributed by atoms with Crippen LogP contribution in [0.5, 0.6) is 11.5 Å². The highest BCUT2D eigenvalue weighted by atomic mass is 16.5. The second-order valence-corrected chi connectivity index (χ2v) is 6.29. The first kappa shape index (κ1) is 19.4. The van der Waals surface area contributed by atoms with Gasteiger partial charge in [0.2, 0.25) is 17.6 Å². The van der Waals surface area contributed by atoms with Crippen LogP contribution < -0.4 is 14.8 Å². The summed E-state index contributed by atoms with van der Waals surface area (Å²) in [5, 5.41) is 6.89. The maximum Gasteiger partial charge on any atom is 0.227 e. The monoisotopic (exact) mass is 381 g/mol. The van der Waals surface area contributed by atoms with Gasteiger partial charge in [0.1, 0.15) is 0 Å². The number of aryl methyl sites for hydroxylation is 2. The zero-order chi connectivity index (χ0) is 19.9. The molecule has 28 heavy (non-hydrogen) atoms. The van der Waals surface area contributed by atoms with Gasteiger partial charge in [0, 0.05) is 24.9 Å². The van der Waals surface area contributed by atoms with E-state index in [-0.39, 0.29) is 12.3 Å². The number of hydrogen-bond donors (Lipinski definition) is 1. The molecule has 0 unspecified atom stereocenters. The van der Waals surface area contributed by atoms with Crippen LogP contribution in [0.15, 0.2) is 47.0 Å². The molecule has 0 aliphatic carbocycles. The number of carbonyl (C=O) groups excluding carboxylic acids is 1. The van der Waals surface area contributed by atoms with Crippen molar-refractivity contribution in [3.8, 4) is 22.9 Å². The molecule has 0 aliphatic heterocycles. The molecule has 2 aromatic carbocycles. The van der Waals surface area contributed by atoms with Gasteiger partial charge in [-0.3, -0.25) is 4.79 Å². The normalized spacial score (nSPS) is 10.5. The Bertz CT molecular complexity index is 952. The van der Waals surface area contributed by atoms with Gasteiger partial charge in [-0.25, -0.2) is 0 Å². The third-order valence-corrected chi connectivity index (χ3v) is 4.36. The van der Waals surface area contributed by atoms with Crippen molar-refractivity contribution in [1.29, 1.82) is 0 Å². The highest BCUT2D eigenvalue weighted by Gasteiger charge is 2.12. The molecule has 1 N–H and O–H groups in total. The van der Waals surface area contributed by atoms with Crippen LogP contribution in [0.4, 0.5) is 0 Å². The fraction of sp³-hybridized carbons (Fsp3) is 0.286. The Balaban J connectivity index is 1.52. The van der Waals surface area contributed by atoms with Crippen LogP contribution in [-0.2, 0) is 17.8 Å². The first-order chi connectivity index (χ1) is 13.6. The fourth-order valence-electron chi connectivity index (χ4n) is 2.79. The van der Waals surface area contributed by atoms with Gasteiger partial charge < -0.3 is 19.3 Å². The molecule has 0 radical (unpaired) electrons. The van der Waals surface area contributed by atoms with Crippen molar-refractivity contribution in [2.24, 2.45) is 0 Å². The molecular formula is C21H23N3O4. The minimum Gasteiger partial charge on any atom is -0.493 e. The second-order valence-electron chi connectivity index (χ2n) is 6.29. The van der Waals surface area contributed by atoms with Crippen molar-refractivity contribution in [2.75, 3.05) is 14.2 Å². The Morgan fingerprint density at radius 3 is 2.64 bits per heavy atom. The number of nitrogens with one attached hydrogen (secondary N) is 1. The van der Waals surface area contributed by atoms with Crippen LogP contribution >= 0.6 is 0 Å². The van der Waals surface area contributed by atoms with Crippen LogP contribution in [0, 0.1) is 6.92 Å². The van der Waals surface area contributed by atoms with Crippen molar-refractivity contribution < 1.29 is 18.8 Å². The summed E-state index contributed by atoms with van der Waals surface area (Å²) in [7, 11) is 3.16. The Hall–Kier alpha value is -3.35. The molecule has 0 bridgehead atoms. The van der Waals surface area contributed by atoms with Gasteiger partial charge in [-0.15, -0.1) is 0 Å². The number of nitrogens with zero attached hydrogens (tertiary/aromatic N) is 2. The topological polar surface area (TPSA) is 86.5 Å². The average Bonchev–Trinajstić information content (AvgIpc) is 3.19. The SMILES string of the molecule is COc1ccc(CNC(=O)CCc2nc(-c3ccccc3C)no2)cc1OC. The van der Waals surface area contributed by atoms with E-state index in [4.69, 9.17) is 14.0 Å². The molecule has 0 spiro atoms. The highest BCUT2D eigenvalue weighted by Crippen LogP contribution is 2.27. The van der Waals surface area contributed by atoms with E-state index in [2.05, 4.69) is 15.5 Å². The number of ether oxygens (including phenoxy) is 2. The molecule has 0 aliphatic rings. The number of rotatable bonds is 8. The summed E-state index contributed by atoms with van der Waals surface area (Å²) < 4.78 is 15.8. The Morgan fingerprint density at radius 2 is 1.89 bits per heavy atom. The molecule has 0 fully saturated rings. The lowest BCUT2D eigenvalue weighted by Gasteiger charge is -2.10. The van der Waals surface area contributed by atoms with E-state index >= 15 is 0 Å². The number of benzene rings is 2. The van der Waals surface area contributed by atoms with Crippen molar-refractivity contribution in [1.82, 2.24) is 15.5 Å². The van der Waals surface area contributed by atoms with E-state index in [1.807, 2.05) is 49.4 Å².